The van der Waals surface area contributed by atoms with Crippen LogP contribution in [0.25, 0.3) is 11.2 Å². The first-order chi connectivity index (χ1) is 17.1. The Bertz CT molecular complexity index is 1260. The zero-order valence-corrected chi connectivity index (χ0v) is 20.0. The Morgan fingerprint density at radius 1 is 1.00 bits per heavy atom. The average Bonchev–Trinajstić information content (AvgIpc) is 3.42. The van der Waals surface area contributed by atoms with E-state index in [1.807, 2.05) is 30.1 Å². The van der Waals surface area contributed by atoms with Gasteiger partial charge < -0.3 is 24.6 Å². The summed E-state index contributed by atoms with van der Waals surface area (Å²) >= 11 is 0. The van der Waals surface area contributed by atoms with Crippen molar-refractivity contribution in [1.29, 1.82) is 0 Å². The summed E-state index contributed by atoms with van der Waals surface area (Å²) in [5.74, 6) is 1.17. The first kappa shape index (κ1) is 21.8. The minimum Gasteiger partial charge on any atom is -0.354 e. The van der Waals surface area contributed by atoms with Crippen molar-refractivity contribution >= 4 is 34.5 Å². The molecule has 3 aliphatic rings. The maximum atomic E-state index is 13.2. The van der Waals surface area contributed by atoms with Crippen LogP contribution in [-0.4, -0.2) is 74.6 Å². The Hall–Kier alpha value is -3.69. The van der Waals surface area contributed by atoms with Gasteiger partial charge in [-0.25, -0.2) is 15.0 Å². The first-order valence-electron chi connectivity index (χ1n) is 12.4. The molecule has 35 heavy (non-hydrogen) atoms. The summed E-state index contributed by atoms with van der Waals surface area (Å²) in [5, 5.41) is 3.05. The molecule has 3 aliphatic heterocycles. The first-order valence-corrected chi connectivity index (χ1v) is 12.4. The zero-order valence-electron chi connectivity index (χ0n) is 20.0. The molecule has 3 saturated heterocycles. The maximum absolute atomic E-state index is 13.2. The fourth-order valence-corrected chi connectivity index (χ4v) is 5.77. The van der Waals surface area contributed by atoms with E-state index in [0.717, 1.165) is 43.9 Å². The molecule has 0 aliphatic carbocycles. The predicted octanol–water partition coefficient (Wildman–Crippen LogP) is 1.92. The number of nitrogens with zero attached hydrogens (tertiary/aromatic N) is 7. The quantitative estimate of drug-likeness (QED) is 0.619. The van der Waals surface area contributed by atoms with Gasteiger partial charge in [0.2, 0.25) is 11.7 Å². The van der Waals surface area contributed by atoms with Gasteiger partial charge in [-0.15, -0.1) is 0 Å². The monoisotopic (exact) mass is 474 g/mol. The van der Waals surface area contributed by atoms with Crippen molar-refractivity contribution in [3.05, 3.63) is 42.5 Å². The lowest BCUT2D eigenvalue weighted by atomic mass is 9.85. The van der Waals surface area contributed by atoms with Crippen molar-refractivity contribution in [3.63, 3.8) is 0 Å². The molecule has 10 heteroatoms. The summed E-state index contributed by atoms with van der Waals surface area (Å²) in [5.41, 5.74) is 1.78. The fourth-order valence-electron chi connectivity index (χ4n) is 5.77. The molecule has 6 rings (SSSR count). The molecular weight excluding hydrogens is 444 g/mol. The second kappa shape index (κ2) is 8.51. The predicted molar refractivity (Wildman–Crippen MR) is 132 cm³/mol. The van der Waals surface area contributed by atoms with Crippen molar-refractivity contribution in [3.8, 4) is 0 Å². The standard InChI is InChI=1S/C25H30N8O2/c1-30-20-19(29-22(30)23(34)32-12-6-3-7-13-32)21(27-16-26-20)31-14-10-25(11-15-31)24(35)28-17-33(25)18-8-4-2-5-9-18/h2,4-5,8-9,16H,3,6-7,10-15,17H2,1H3,(H,28,35). The molecule has 182 valence electrons. The Balaban J connectivity index is 1.27. The van der Waals surface area contributed by atoms with Crippen LogP contribution in [0.4, 0.5) is 11.5 Å². The molecule has 2 aromatic heterocycles. The Morgan fingerprint density at radius 2 is 1.74 bits per heavy atom. The van der Waals surface area contributed by atoms with Crippen LogP contribution >= 0.6 is 0 Å². The number of nitrogens with one attached hydrogen (secondary N) is 1. The summed E-state index contributed by atoms with van der Waals surface area (Å²) in [6, 6.07) is 10.1. The molecule has 0 saturated carbocycles. The number of likely N-dealkylation sites (tertiary alicyclic amines) is 1. The van der Waals surface area contributed by atoms with E-state index in [4.69, 9.17) is 4.98 Å². The molecular formula is C25H30N8O2. The summed E-state index contributed by atoms with van der Waals surface area (Å²) < 4.78 is 1.78. The van der Waals surface area contributed by atoms with Crippen molar-refractivity contribution in [2.45, 2.75) is 37.6 Å². The van der Waals surface area contributed by atoms with Crippen LogP contribution in [-0.2, 0) is 11.8 Å². The van der Waals surface area contributed by atoms with Gasteiger partial charge >= 0.3 is 0 Å². The number of aryl methyl sites for hydroxylation is 1. The number of para-hydroxylation sites is 1. The third-order valence-electron chi connectivity index (χ3n) is 7.77. The highest BCUT2D eigenvalue weighted by atomic mass is 16.2. The SMILES string of the molecule is Cn1c(C(=O)N2CCCCC2)nc2c(N3CCC4(CC3)C(=O)NCN4c3ccccc3)ncnc21. The lowest BCUT2D eigenvalue weighted by Crippen LogP contribution is -2.56. The van der Waals surface area contributed by atoms with Crippen molar-refractivity contribution in [1.82, 2.24) is 29.7 Å². The van der Waals surface area contributed by atoms with Crippen LogP contribution in [0.5, 0.6) is 0 Å². The molecule has 5 heterocycles. The van der Waals surface area contributed by atoms with E-state index >= 15 is 0 Å². The second-order valence-electron chi connectivity index (χ2n) is 9.66. The average molecular weight is 475 g/mol. The largest absolute Gasteiger partial charge is 0.354 e. The number of imidazole rings is 1. The topological polar surface area (TPSA) is 99.5 Å². The highest BCUT2D eigenvalue weighted by Gasteiger charge is 2.50. The summed E-state index contributed by atoms with van der Waals surface area (Å²) in [6.07, 6.45) is 6.11. The van der Waals surface area contributed by atoms with Gasteiger partial charge in [-0.05, 0) is 44.2 Å². The van der Waals surface area contributed by atoms with Gasteiger partial charge in [-0.3, -0.25) is 9.59 Å². The number of amides is 2. The van der Waals surface area contributed by atoms with E-state index in [2.05, 4.69) is 37.2 Å². The molecule has 0 atom stereocenters. The third-order valence-corrected chi connectivity index (χ3v) is 7.77. The molecule has 3 aromatic rings. The van der Waals surface area contributed by atoms with Gasteiger partial charge in [0, 0.05) is 38.9 Å². The molecule has 0 bridgehead atoms. The molecule has 0 unspecified atom stereocenters. The van der Waals surface area contributed by atoms with Crippen molar-refractivity contribution in [2.75, 3.05) is 42.6 Å². The summed E-state index contributed by atoms with van der Waals surface area (Å²) in [4.78, 5) is 46.2. The van der Waals surface area contributed by atoms with Gasteiger partial charge in [-0.1, -0.05) is 18.2 Å². The number of benzene rings is 1. The molecule has 3 fully saturated rings. The number of aromatic nitrogens is 4. The molecule has 10 nitrogen and oxygen atoms in total. The lowest BCUT2D eigenvalue weighted by molar-refractivity contribution is -0.124. The normalized spacial score (nSPS) is 20.0. The third kappa shape index (κ3) is 3.50. The van der Waals surface area contributed by atoms with E-state index < -0.39 is 5.54 Å². The smallest absolute Gasteiger partial charge is 0.289 e. The fraction of sp³-hybridized carbons (Fsp3) is 0.480. The van der Waals surface area contributed by atoms with E-state index in [0.29, 0.717) is 49.6 Å². The molecule has 1 aromatic carbocycles. The van der Waals surface area contributed by atoms with E-state index in [1.165, 1.54) is 6.33 Å². The molecule has 0 radical (unpaired) electrons. The van der Waals surface area contributed by atoms with Gasteiger partial charge in [0.1, 0.15) is 11.9 Å². The lowest BCUT2D eigenvalue weighted by Gasteiger charge is -2.43. The highest BCUT2D eigenvalue weighted by Crippen LogP contribution is 2.38. The number of rotatable bonds is 3. The number of carbonyl (C=O) groups is 2. The zero-order chi connectivity index (χ0) is 24.0. The van der Waals surface area contributed by atoms with Gasteiger partial charge in [0.25, 0.3) is 5.91 Å². The minimum absolute atomic E-state index is 0.0464. The Morgan fingerprint density at radius 3 is 2.49 bits per heavy atom. The number of hydrogen-bond donors (Lipinski definition) is 1. The van der Waals surface area contributed by atoms with E-state index in [-0.39, 0.29) is 11.8 Å². The van der Waals surface area contributed by atoms with E-state index in [1.54, 1.807) is 4.57 Å². The van der Waals surface area contributed by atoms with Crippen LogP contribution in [0.1, 0.15) is 42.7 Å². The van der Waals surface area contributed by atoms with Gasteiger partial charge in [-0.2, -0.15) is 0 Å². The van der Waals surface area contributed by atoms with Gasteiger partial charge in [0.15, 0.2) is 17.0 Å². The van der Waals surface area contributed by atoms with Crippen LogP contribution < -0.4 is 15.1 Å². The van der Waals surface area contributed by atoms with Crippen LogP contribution in [0, 0.1) is 0 Å². The number of anilines is 2. The number of piperidine rings is 2. The Labute approximate surface area is 203 Å². The highest BCUT2D eigenvalue weighted by molar-refractivity contribution is 5.97. The van der Waals surface area contributed by atoms with Crippen LogP contribution in [0.2, 0.25) is 0 Å². The van der Waals surface area contributed by atoms with E-state index in [9.17, 15) is 9.59 Å². The van der Waals surface area contributed by atoms with Gasteiger partial charge in [0.05, 0.1) is 6.67 Å². The van der Waals surface area contributed by atoms with Crippen LogP contribution in [0.3, 0.4) is 0 Å². The number of carbonyl (C=O) groups excluding carboxylic acids is 2. The Kier molecular flexibility index (Phi) is 5.31. The molecule has 2 amide bonds. The number of hydrogen-bond acceptors (Lipinski definition) is 7. The molecule has 1 N–H and O–H groups in total. The van der Waals surface area contributed by atoms with Crippen molar-refractivity contribution < 1.29 is 9.59 Å². The van der Waals surface area contributed by atoms with Crippen LogP contribution in [0.15, 0.2) is 36.7 Å². The molecule has 1 spiro atoms. The summed E-state index contributed by atoms with van der Waals surface area (Å²) in [7, 11) is 1.84. The maximum Gasteiger partial charge on any atom is 0.289 e. The second-order valence-corrected chi connectivity index (χ2v) is 9.66. The van der Waals surface area contributed by atoms with Crippen molar-refractivity contribution in [2.24, 2.45) is 7.05 Å². The summed E-state index contributed by atoms with van der Waals surface area (Å²) in [6.45, 7) is 3.38. The number of fused-ring (bicyclic) bond motifs is 1. The minimum atomic E-state index is -0.566.